The summed E-state index contributed by atoms with van der Waals surface area (Å²) >= 11 is 0. The van der Waals surface area contributed by atoms with Crippen molar-refractivity contribution in [1.29, 1.82) is 0 Å². The van der Waals surface area contributed by atoms with Gasteiger partial charge >= 0.3 is 12.2 Å². The molecule has 2 N–H and O–H groups in total. The van der Waals surface area contributed by atoms with Crippen LogP contribution < -0.4 is 10.6 Å². The van der Waals surface area contributed by atoms with Crippen molar-refractivity contribution < 1.29 is 33.4 Å². The highest BCUT2D eigenvalue weighted by Gasteiger charge is 2.34. The van der Waals surface area contributed by atoms with Crippen LogP contribution in [0.1, 0.15) is 73.1 Å². The first kappa shape index (κ1) is 29.6. The topological polar surface area (TPSA) is 134 Å². The molecule has 1 aromatic rings. The maximum absolute atomic E-state index is 12.9. The zero-order chi connectivity index (χ0) is 27.0. The third kappa shape index (κ3) is 9.74. The zero-order valence-electron chi connectivity index (χ0n) is 21.8. The van der Waals surface area contributed by atoms with Crippen LogP contribution in [0.15, 0.2) is 24.3 Å². The maximum Gasteiger partial charge on any atom is 0.407 e. The molecule has 0 aliphatic carbocycles. The van der Waals surface area contributed by atoms with E-state index in [2.05, 4.69) is 10.6 Å². The molecule has 2 rings (SSSR count). The third-order valence-electron chi connectivity index (χ3n) is 5.79. The quantitative estimate of drug-likeness (QED) is 0.254. The number of benzene rings is 1. The first-order chi connectivity index (χ1) is 17.9. The summed E-state index contributed by atoms with van der Waals surface area (Å²) in [4.78, 5) is 64.1. The molecule has 204 valence electrons. The summed E-state index contributed by atoms with van der Waals surface area (Å²) in [6.45, 7) is 5.34. The van der Waals surface area contributed by atoms with E-state index in [1.54, 1.807) is 24.3 Å². The van der Waals surface area contributed by atoms with Gasteiger partial charge in [-0.1, -0.05) is 38.8 Å². The van der Waals surface area contributed by atoms with Gasteiger partial charge in [-0.25, -0.2) is 9.59 Å². The Morgan fingerprint density at radius 1 is 0.811 bits per heavy atom. The van der Waals surface area contributed by atoms with Gasteiger partial charge in [0.1, 0.15) is 13.2 Å². The van der Waals surface area contributed by atoms with Gasteiger partial charge in [-0.2, -0.15) is 0 Å². The van der Waals surface area contributed by atoms with Crippen LogP contribution >= 0.6 is 0 Å². The normalized spacial score (nSPS) is 12.2. The molecular formula is C26H38N4O7. The fraction of sp³-hybridized carbons (Fsp3) is 0.577. The van der Waals surface area contributed by atoms with Crippen molar-refractivity contribution in [2.45, 2.75) is 52.4 Å². The maximum atomic E-state index is 12.9. The molecule has 1 heterocycles. The van der Waals surface area contributed by atoms with E-state index in [0.29, 0.717) is 24.2 Å². The third-order valence-corrected chi connectivity index (χ3v) is 5.79. The number of rotatable bonds is 16. The number of nitrogens with one attached hydrogen (secondary N) is 2. The molecule has 1 aliphatic rings. The SMILES string of the molecule is CCCCNC(=O)OCCN(CCOC(=O)NCCCC)C(=O)CCCN1C(=O)c2ccccc2C1=O. The van der Waals surface area contributed by atoms with Crippen LogP contribution in [-0.4, -0.2) is 85.6 Å². The lowest BCUT2D eigenvalue weighted by molar-refractivity contribution is -0.132. The summed E-state index contributed by atoms with van der Waals surface area (Å²) in [5, 5.41) is 5.28. The number of carbonyl (C=O) groups is 5. The smallest absolute Gasteiger partial charge is 0.407 e. The number of carbonyl (C=O) groups excluding carboxylic acids is 5. The molecule has 0 radical (unpaired) electrons. The molecule has 5 amide bonds. The average Bonchev–Trinajstić information content (AvgIpc) is 3.13. The summed E-state index contributed by atoms with van der Waals surface area (Å²) in [5.74, 6) is -0.994. The second-order valence-corrected chi connectivity index (χ2v) is 8.62. The molecule has 0 bridgehead atoms. The lowest BCUT2D eigenvalue weighted by atomic mass is 10.1. The highest BCUT2D eigenvalue weighted by atomic mass is 16.6. The molecule has 0 spiro atoms. The first-order valence-corrected chi connectivity index (χ1v) is 12.9. The number of nitrogens with zero attached hydrogens (tertiary/aromatic N) is 2. The lowest BCUT2D eigenvalue weighted by Crippen LogP contribution is -2.39. The van der Waals surface area contributed by atoms with E-state index in [1.807, 2.05) is 13.8 Å². The van der Waals surface area contributed by atoms with Gasteiger partial charge in [0.2, 0.25) is 5.91 Å². The summed E-state index contributed by atoms with van der Waals surface area (Å²) in [5.41, 5.74) is 0.730. The van der Waals surface area contributed by atoms with E-state index in [0.717, 1.165) is 30.6 Å². The molecule has 1 aliphatic heterocycles. The predicted molar refractivity (Wildman–Crippen MR) is 136 cm³/mol. The number of hydrogen-bond donors (Lipinski definition) is 2. The Hall–Kier alpha value is -3.63. The highest BCUT2D eigenvalue weighted by Crippen LogP contribution is 2.22. The fourth-order valence-corrected chi connectivity index (χ4v) is 3.68. The van der Waals surface area contributed by atoms with Gasteiger partial charge < -0.3 is 25.0 Å². The molecule has 0 fully saturated rings. The summed E-state index contributed by atoms with van der Waals surface area (Å²) < 4.78 is 10.3. The molecule has 1 aromatic carbocycles. The standard InChI is InChI=1S/C26H38N4O7/c1-3-5-13-27-25(34)36-18-16-29(17-19-37-26(35)28-14-6-4-2)22(31)12-9-15-30-23(32)20-10-7-8-11-21(20)24(30)33/h7-8,10-11H,3-6,9,12-19H2,1-2H3,(H,27,34)(H,28,35). The summed E-state index contributed by atoms with van der Waals surface area (Å²) in [6.07, 6.45) is 2.78. The first-order valence-electron chi connectivity index (χ1n) is 12.9. The van der Waals surface area contributed by atoms with Gasteiger partial charge in [-0.15, -0.1) is 0 Å². The van der Waals surface area contributed by atoms with Crippen molar-refractivity contribution in [2.75, 3.05) is 45.9 Å². The monoisotopic (exact) mass is 518 g/mol. The van der Waals surface area contributed by atoms with Crippen molar-refractivity contribution in [1.82, 2.24) is 20.4 Å². The van der Waals surface area contributed by atoms with Crippen LogP contribution in [0.25, 0.3) is 0 Å². The number of amides is 5. The second kappa shape index (κ2) is 16.2. The van der Waals surface area contributed by atoms with Crippen molar-refractivity contribution in [3.63, 3.8) is 0 Å². The fourth-order valence-electron chi connectivity index (χ4n) is 3.68. The molecule has 0 atom stereocenters. The Bertz CT molecular complexity index is 874. The van der Waals surface area contributed by atoms with E-state index in [-0.39, 0.29) is 63.4 Å². The lowest BCUT2D eigenvalue weighted by Gasteiger charge is -2.23. The Morgan fingerprint density at radius 2 is 1.30 bits per heavy atom. The van der Waals surface area contributed by atoms with Gasteiger partial charge in [0, 0.05) is 26.1 Å². The summed E-state index contributed by atoms with van der Waals surface area (Å²) in [7, 11) is 0. The van der Waals surface area contributed by atoms with Crippen molar-refractivity contribution in [2.24, 2.45) is 0 Å². The molecule has 0 aromatic heterocycles. The Morgan fingerprint density at radius 3 is 1.76 bits per heavy atom. The average molecular weight is 519 g/mol. The van der Waals surface area contributed by atoms with Gasteiger partial charge in [-0.3, -0.25) is 19.3 Å². The van der Waals surface area contributed by atoms with Gasteiger partial charge in [0.05, 0.1) is 24.2 Å². The predicted octanol–water partition coefficient (Wildman–Crippen LogP) is 2.94. The number of hydrogen-bond acceptors (Lipinski definition) is 7. The molecule has 0 unspecified atom stereocenters. The molecule has 0 saturated carbocycles. The van der Waals surface area contributed by atoms with Gasteiger partial charge in [0.15, 0.2) is 0 Å². The minimum Gasteiger partial charge on any atom is -0.448 e. The van der Waals surface area contributed by atoms with E-state index < -0.39 is 12.2 Å². The molecule has 11 nitrogen and oxygen atoms in total. The van der Waals surface area contributed by atoms with Crippen LogP contribution in [0, 0.1) is 0 Å². The highest BCUT2D eigenvalue weighted by molar-refractivity contribution is 6.21. The Kier molecular flexibility index (Phi) is 12.9. The van der Waals surface area contributed by atoms with Crippen molar-refractivity contribution >= 4 is 29.9 Å². The van der Waals surface area contributed by atoms with Gasteiger partial charge in [0.25, 0.3) is 11.8 Å². The van der Waals surface area contributed by atoms with E-state index >= 15 is 0 Å². The Balaban J connectivity index is 1.83. The molecule has 0 saturated heterocycles. The number of imide groups is 1. The van der Waals surface area contributed by atoms with Crippen molar-refractivity contribution in [3.05, 3.63) is 35.4 Å². The van der Waals surface area contributed by atoms with Crippen LogP contribution in [-0.2, 0) is 14.3 Å². The zero-order valence-corrected chi connectivity index (χ0v) is 21.8. The number of alkyl carbamates (subject to hydrolysis) is 2. The number of unbranched alkanes of at least 4 members (excludes halogenated alkanes) is 2. The Labute approximate surface area is 217 Å². The number of ether oxygens (including phenoxy) is 2. The number of fused-ring (bicyclic) bond motifs is 1. The second-order valence-electron chi connectivity index (χ2n) is 8.62. The van der Waals surface area contributed by atoms with Crippen molar-refractivity contribution in [3.8, 4) is 0 Å². The van der Waals surface area contributed by atoms with Crippen LogP contribution in [0.2, 0.25) is 0 Å². The largest absolute Gasteiger partial charge is 0.448 e. The van der Waals surface area contributed by atoms with E-state index in [4.69, 9.17) is 9.47 Å². The van der Waals surface area contributed by atoms with Crippen LogP contribution in [0.5, 0.6) is 0 Å². The van der Waals surface area contributed by atoms with E-state index in [1.165, 1.54) is 4.90 Å². The molecule has 11 heteroatoms. The van der Waals surface area contributed by atoms with Crippen LogP contribution in [0.3, 0.4) is 0 Å². The summed E-state index contributed by atoms with van der Waals surface area (Å²) in [6, 6.07) is 6.62. The molecular weight excluding hydrogens is 480 g/mol. The van der Waals surface area contributed by atoms with Gasteiger partial charge in [-0.05, 0) is 31.4 Å². The minimum atomic E-state index is -0.557. The molecule has 37 heavy (non-hydrogen) atoms. The van der Waals surface area contributed by atoms with Crippen LogP contribution in [0.4, 0.5) is 9.59 Å². The minimum absolute atomic E-state index is 0.0230. The van der Waals surface area contributed by atoms with E-state index in [9.17, 15) is 24.0 Å².